The molecule has 110 valence electrons. The van der Waals surface area contributed by atoms with Gasteiger partial charge in [0.1, 0.15) is 11.3 Å². The minimum atomic E-state index is 0.486. The number of hydrogen-bond donors (Lipinski definition) is 1. The average molecular weight is 285 g/mol. The SMILES string of the molecule is CCOc1cccc2c1nc(N)n2Cc1cn(C)nc1C. The molecule has 6 nitrogen and oxygen atoms in total. The van der Waals surface area contributed by atoms with Gasteiger partial charge in [-0.25, -0.2) is 4.98 Å². The Hall–Kier alpha value is -2.50. The maximum Gasteiger partial charge on any atom is 0.201 e. The normalized spacial score (nSPS) is 11.2. The second kappa shape index (κ2) is 5.12. The van der Waals surface area contributed by atoms with Crippen molar-refractivity contribution in [2.24, 2.45) is 7.05 Å². The minimum absolute atomic E-state index is 0.486. The molecule has 0 aliphatic heterocycles. The molecule has 0 aliphatic rings. The molecule has 0 amide bonds. The Morgan fingerprint density at radius 3 is 2.81 bits per heavy atom. The summed E-state index contributed by atoms with van der Waals surface area (Å²) in [7, 11) is 1.92. The van der Waals surface area contributed by atoms with Gasteiger partial charge >= 0.3 is 0 Å². The van der Waals surface area contributed by atoms with Gasteiger partial charge in [-0.3, -0.25) is 4.68 Å². The van der Waals surface area contributed by atoms with Gasteiger partial charge in [-0.1, -0.05) is 6.07 Å². The highest BCUT2D eigenvalue weighted by molar-refractivity contribution is 5.84. The van der Waals surface area contributed by atoms with Crippen LogP contribution < -0.4 is 10.5 Å². The summed E-state index contributed by atoms with van der Waals surface area (Å²) < 4.78 is 9.42. The molecule has 2 heterocycles. The van der Waals surface area contributed by atoms with E-state index in [0.717, 1.165) is 28.0 Å². The molecule has 0 saturated heterocycles. The van der Waals surface area contributed by atoms with Gasteiger partial charge in [0.05, 0.1) is 24.4 Å². The van der Waals surface area contributed by atoms with E-state index in [2.05, 4.69) is 10.1 Å². The Morgan fingerprint density at radius 2 is 2.14 bits per heavy atom. The number of rotatable bonds is 4. The van der Waals surface area contributed by atoms with Crippen LogP contribution >= 0.6 is 0 Å². The highest BCUT2D eigenvalue weighted by atomic mass is 16.5. The van der Waals surface area contributed by atoms with Gasteiger partial charge in [0.25, 0.3) is 0 Å². The van der Waals surface area contributed by atoms with Crippen molar-refractivity contribution in [2.45, 2.75) is 20.4 Å². The number of ether oxygens (including phenoxy) is 1. The van der Waals surface area contributed by atoms with Crippen LogP contribution in [0.5, 0.6) is 5.75 Å². The summed E-state index contributed by atoms with van der Waals surface area (Å²) in [6.07, 6.45) is 2.01. The fourth-order valence-electron chi connectivity index (χ4n) is 2.55. The first-order valence-corrected chi connectivity index (χ1v) is 6.96. The Kier molecular flexibility index (Phi) is 3.29. The van der Waals surface area contributed by atoms with E-state index in [1.807, 2.05) is 54.5 Å². The number of anilines is 1. The number of para-hydroxylation sites is 1. The van der Waals surface area contributed by atoms with Crippen LogP contribution in [0.4, 0.5) is 5.95 Å². The van der Waals surface area contributed by atoms with Gasteiger partial charge in [0.2, 0.25) is 5.95 Å². The van der Waals surface area contributed by atoms with Crippen molar-refractivity contribution in [3.05, 3.63) is 35.7 Å². The molecule has 0 fully saturated rings. The molecule has 0 spiro atoms. The molecule has 3 aromatic rings. The van der Waals surface area contributed by atoms with Crippen molar-refractivity contribution in [2.75, 3.05) is 12.3 Å². The van der Waals surface area contributed by atoms with E-state index >= 15 is 0 Å². The Bertz CT molecular complexity index is 787. The number of nitrogens with zero attached hydrogens (tertiary/aromatic N) is 4. The zero-order chi connectivity index (χ0) is 15.0. The van der Waals surface area contributed by atoms with E-state index in [0.29, 0.717) is 19.1 Å². The topological polar surface area (TPSA) is 70.9 Å². The molecule has 21 heavy (non-hydrogen) atoms. The molecule has 0 bridgehead atoms. The molecule has 2 aromatic heterocycles. The number of aromatic nitrogens is 4. The van der Waals surface area contributed by atoms with E-state index < -0.39 is 0 Å². The van der Waals surface area contributed by atoms with Crippen LogP contribution in [0.3, 0.4) is 0 Å². The summed E-state index contributed by atoms with van der Waals surface area (Å²) in [5.41, 5.74) is 10.00. The van der Waals surface area contributed by atoms with Crippen LogP contribution in [-0.4, -0.2) is 25.9 Å². The summed E-state index contributed by atoms with van der Waals surface area (Å²) in [6, 6.07) is 5.88. The molecule has 6 heteroatoms. The van der Waals surface area contributed by atoms with Crippen molar-refractivity contribution in [1.82, 2.24) is 19.3 Å². The van der Waals surface area contributed by atoms with Gasteiger partial charge in [0, 0.05) is 18.8 Å². The minimum Gasteiger partial charge on any atom is -0.492 e. The van der Waals surface area contributed by atoms with Crippen LogP contribution in [0.1, 0.15) is 18.2 Å². The maximum atomic E-state index is 6.09. The number of benzene rings is 1. The maximum absolute atomic E-state index is 6.09. The first kappa shape index (κ1) is 13.5. The zero-order valence-electron chi connectivity index (χ0n) is 12.5. The molecule has 0 unspecified atom stereocenters. The summed E-state index contributed by atoms with van der Waals surface area (Å²) in [5.74, 6) is 1.25. The predicted molar refractivity (Wildman–Crippen MR) is 82.4 cm³/mol. The lowest BCUT2D eigenvalue weighted by atomic mass is 10.2. The van der Waals surface area contributed by atoms with Crippen LogP contribution in [-0.2, 0) is 13.6 Å². The third-order valence-corrected chi connectivity index (χ3v) is 3.51. The summed E-state index contributed by atoms with van der Waals surface area (Å²) in [4.78, 5) is 4.45. The Balaban J connectivity index is 2.08. The number of fused-ring (bicyclic) bond motifs is 1. The molecule has 2 N–H and O–H groups in total. The molecule has 1 aromatic carbocycles. The van der Waals surface area contributed by atoms with E-state index in [1.165, 1.54) is 0 Å². The van der Waals surface area contributed by atoms with Gasteiger partial charge in [-0.05, 0) is 26.0 Å². The molecular weight excluding hydrogens is 266 g/mol. The van der Waals surface area contributed by atoms with Crippen LogP contribution in [0.2, 0.25) is 0 Å². The van der Waals surface area contributed by atoms with Crippen LogP contribution in [0.25, 0.3) is 11.0 Å². The van der Waals surface area contributed by atoms with Gasteiger partial charge in [-0.2, -0.15) is 5.10 Å². The first-order valence-electron chi connectivity index (χ1n) is 6.96. The van der Waals surface area contributed by atoms with E-state index in [1.54, 1.807) is 0 Å². The van der Waals surface area contributed by atoms with E-state index in [9.17, 15) is 0 Å². The Labute approximate surface area is 123 Å². The van der Waals surface area contributed by atoms with Gasteiger partial charge in [0.15, 0.2) is 0 Å². The number of aryl methyl sites for hydroxylation is 2. The standard InChI is InChI=1S/C15H19N5O/c1-4-21-13-7-5-6-12-14(13)17-15(16)20(12)9-11-8-19(3)18-10(11)2/h5-8H,4,9H2,1-3H3,(H2,16,17). The molecular formula is C15H19N5O. The van der Waals surface area contributed by atoms with Crippen LogP contribution in [0, 0.1) is 6.92 Å². The van der Waals surface area contributed by atoms with Crippen molar-refractivity contribution in [3.63, 3.8) is 0 Å². The predicted octanol–water partition coefficient (Wildman–Crippen LogP) is 2.11. The monoisotopic (exact) mass is 285 g/mol. The number of nitrogen functional groups attached to an aromatic ring is 1. The number of imidazole rings is 1. The average Bonchev–Trinajstić information content (AvgIpc) is 2.92. The second-order valence-corrected chi connectivity index (χ2v) is 5.03. The highest BCUT2D eigenvalue weighted by Gasteiger charge is 2.14. The third-order valence-electron chi connectivity index (χ3n) is 3.51. The number of hydrogen-bond acceptors (Lipinski definition) is 4. The number of nitrogens with two attached hydrogens (primary N) is 1. The lowest BCUT2D eigenvalue weighted by Crippen LogP contribution is -2.04. The fraction of sp³-hybridized carbons (Fsp3) is 0.333. The lowest BCUT2D eigenvalue weighted by Gasteiger charge is -2.06. The Morgan fingerprint density at radius 1 is 1.33 bits per heavy atom. The second-order valence-electron chi connectivity index (χ2n) is 5.03. The van der Waals surface area contributed by atoms with Crippen molar-refractivity contribution >= 4 is 17.0 Å². The summed E-state index contributed by atoms with van der Waals surface area (Å²) in [5, 5.41) is 4.37. The quantitative estimate of drug-likeness (QED) is 0.797. The van der Waals surface area contributed by atoms with Gasteiger partial charge < -0.3 is 15.0 Å². The zero-order valence-corrected chi connectivity index (χ0v) is 12.5. The van der Waals surface area contributed by atoms with Crippen LogP contribution in [0.15, 0.2) is 24.4 Å². The van der Waals surface area contributed by atoms with E-state index in [-0.39, 0.29) is 0 Å². The fourth-order valence-corrected chi connectivity index (χ4v) is 2.55. The van der Waals surface area contributed by atoms with E-state index in [4.69, 9.17) is 10.5 Å². The summed E-state index contributed by atoms with van der Waals surface area (Å²) >= 11 is 0. The molecule has 0 aliphatic carbocycles. The van der Waals surface area contributed by atoms with Crippen molar-refractivity contribution in [3.8, 4) is 5.75 Å². The largest absolute Gasteiger partial charge is 0.492 e. The molecule has 0 atom stereocenters. The summed E-state index contributed by atoms with van der Waals surface area (Å²) in [6.45, 7) is 5.21. The molecule has 3 rings (SSSR count). The molecule has 0 radical (unpaired) electrons. The van der Waals surface area contributed by atoms with Gasteiger partial charge in [-0.15, -0.1) is 0 Å². The van der Waals surface area contributed by atoms with Crippen molar-refractivity contribution < 1.29 is 4.74 Å². The first-order chi connectivity index (χ1) is 10.1. The van der Waals surface area contributed by atoms with Crippen molar-refractivity contribution in [1.29, 1.82) is 0 Å². The highest BCUT2D eigenvalue weighted by Crippen LogP contribution is 2.28. The molecule has 0 saturated carbocycles. The third kappa shape index (κ3) is 2.33. The lowest BCUT2D eigenvalue weighted by molar-refractivity contribution is 0.343. The smallest absolute Gasteiger partial charge is 0.201 e.